The van der Waals surface area contributed by atoms with Crippen LogP contribution in [-0.2, 0) is 22.9 Å². The van der Waals surface area contributed by atoms with Crippen LogP contribution in [0.25, 0.3) is 0 Å². The molecule has 1 unspecified atom stereocenters. The van der Waals surface area contributed by atoms with Gasteiger partial charge in [-0.3, -0.25) is 9.78 Å². The maximum absolute atomic E-state index is 13.5. The molecule has 1 heterocycles. The van der Waals surface area contributed by atoms with Gasteiger partial charge in [0.25, 0.3) is 0 Å². The quantitative estimate of drug-likeness (QED) is 0.574. The number of hydrogen-bond acceptors (Lipinski definition) is 2. The zero-order chi connectivity index (χ0) is 22.1. The Morgan fingerprint density at radius 3 is 2.29 bits per heavy atom. The minimum atomic E-state index is -4.49. The number of alkyl halides is 3. The highest BCUT2D eigenvalue weighted by Crippen LogP contribution is 2.38. The number of rotatable bonds is 6. The van der Waals surface area contributed by atoms with E-state index in [2.05, 4.69) is 10.3 Å². The lowest BCUT2D eigenvalue weighted by Crippen LogP contribution is -2.50. The van der Waals surface area contributed by atoms with Crippen LogP contribution >= 0.6 is 0 Å². The lowest BCUT2D eigenvalue weighted by Gasteiger charge is -2.36. The van der Waals surface area contributed by atoms with Crippen LogP contribution in [0.3, 0.4) is 0 Å². The minimum absolute atomic E-state index is 0.106. The van der Waals surface area contributed by atoms with E-state index in [1.807, 2.05) is 49.4 Å². The number of amides is 1. The zero-order valence-corrected chi connectivity index (χ0v) is 17.1. The second-order valence-corrected chi connectivity index (χ2v) is 8.07. The molecule has 0 aliphatic heterocycles. The first-order valence-corrected chi connectivity index (χ1v) is 10.3. The summed E-state index contributed by atoms with van der Waals surface area (Å²) in [4.78, 5) is 17.6. The zero-order valence-electron chi connectivity index (χ0n) is 17.1. The van der Waals surface area contributed by atoms with Gasteiger partial charge in [-0.2, -0.15) is 13.2 Å². The molecule has 1 aromatic heterocycles. The standard InChI is InChI=1S/C25H23F3N2O/c1-17-7-5-12-22(29-17)24(30-23(31)19-13-14-19,16-18-8-3-2-4-9-18)20-10-6-11-21(15-20)25(26,27)28/h2-12,15,19H,13-14,16H2,1H3,(H,30,31). The number of aromatic nitrogens is 1. The molecule has 0 bridgehead atoms. The van der Waals surface area contributed by atoms with E-state index in [0.29, 0.717) is 11.3 Å². The second kappa shape index (κ2) is 8.17. The third-order valence-corrected chi connectivity index (χ3v) is 5.61. The average Bonchev–Trinajstić information content (AvgIpc) is 3.59. The van der Waals surface area contributed by atoms with Crippen molar-refractivity contribution in [2.45, 2.75) is 37.9 Å². The molecule has 3 aromatic rings. The van der Waals surface area contributed by atoms with Crippen LogP contribution in [0, 0.1) is 12.8 Å². The number of pyridine rings is 1. The van der Waals surface area contributed by atoms with Crippen LogP contribution in [-0.4, -0.2) is 10.9 Å². The van der Waals surface area contributed by atoms with E-state index in [-0.39, 0.29) is 18.2 Å². The SMILES string of the molecule is Cc1cccc(C(Cc2ccccc2)(NC(=O)C2CC2)c2cccc(C(F)(F)F)c2)n1. The van der Waals surface area contributed by atoms with E-state index >= 15 is 0 Å². The molecule has 160 valence electrons. The minimum Gasteiger partial charge on any atom is -0.340 e. The first-order chi connectivity index (χ1) is 14.8. The predicted molar refractivity (Wildman–Crippen MR) is 112 cm³/mol. The Kier molecular flexibility index (Phi) is 5.56. The number of carbonyl (C=O) groups excluding carboxylic acids is 1. The Hall–Kier alpha value is -3.15. The molecule has 1 amide bonds. The van der Waals surface area contributed by atoms with Crippen molar-refractivity contribution in [1.82, 2.24) is 10.3 Å². The van der Waals surface area contributed by atoms with E-state index in [0.717, 1.165) is 36.2 Å². The Morgan fingerprint density at radius 2 is 1.65 bits per heavy atom. The van der Waals surface area contributed by atoms with Crippen molar-refractivity contribution in [2.75, 3.05) is 0 Å². The van der Waals surface area contributed by atoms with Crippen LogP contribution in [0.1, 0.15) is 40.9 Å². The molecule has 4 rings (SSSR count). The highest BCUT2D eigenvalue weighted by atomic mass is 19.4. The average molecular weight is 424 g/mol. The molecule has 0 saturated heterocycles. The summed E-state index contributed by atoms with van der Waals surface area (Å²) >= 11 is 0. The second-order valence-electron chi connectivity index (χ2n) is 8.07. The van der Waals surface area contributed by atoms with E-state index in [9.17, 15) is 18.0 Å². The largest absolute Gasteiger partial charge is 0.416 e. The molecule has 6 heteroatoms. The van der Waals surface area contributed by atoms with Crippen LogP contribution in [0.5, 0.6) is 0 Å². The van der Waals surface area contributed by atoms with Gasteiger partial charge in [0.15, 0.2) is 0 Å². The van der Waals surface area contributed by atoms with Gasteiger partial charge in [0, 0.05) is 18.0 Å². The third-order valence-electron chi connectivity index (χ3n) is 5.61. The van der Waals surface area contributed by atoms with Gasteiger partial charge in [-0.25, -0.2) is 0 Å². The van der Waals surface area contributed by atoms with Gasteiger partial charge in [-0.05, 0) is 55.2 Å². The maximum Gasteiger partial charge on any atom is 0.416 e. The molecular formula is C25H23F3N2O. The Labute approximate surface area is 179 Å². The summed E-state index contributed by atoms with van der Waals surface area (Å²) in [7, 11) is 0. The van der Waals surface area contributed by atoms with E-state index in [1.165, 1.54) is 6.07 Å². The normalized spacial score (nSPS) is 15.9. The summed E-state index contributed by atoms with van der Waals surface area (Å²) in [5.74, 6) is -0.262. The number of nitrogens with zero attached hydrogens (tertiary/aromatic N) is 1. The summed E-state index contributed by atoms with van der Waals surface area (Å²) in [6, 6.07) is 20.0. The molecule has 1 saturated carbocycles. The molecule has 1 N–H and O–H groups in total. The monoisotopic (exact) mass is 424 g/mol. The molecule has 31 heavy (non-hydrogen) atoms. The van der Waals surface area contributed by atoms with Gasteiger partial charge in [0.2, 0.25) is 5.91 Å². The Morgan fingerprint density at radius 1 is 0.968 bits per heavy atom. The molecule has 1 fully saturated rings. The highest BCUT2D eigenvalue weighted by Gasteiger charge is 2.42. The van der Waals surface area contributed by atoms with Gasteiger partial charge in [0.1, 0.15) is 5.54 Å². The van der Waals surface area contributed by atoms with Crippen molar-refractivity contribution in [3.63, 3.8) is 0 Å². The van der Waals surface area contributed by atoms with Crippen molar-refractivity contribution in [3.05, 3.63) is 101 Å². The van der Waals surface area contributed by atoms with Gasteiger partial charge >= 0.3 is 6.18 Å². The highest BCUT2D eigenvalue weighted by molar-refractivity contribution is 5.82. The summed E-state index contributed by atoms with van der Waals surface area (Å²) in [6.07, 6.45) is -2.63. The predicted octanol–water partition coefficient (Wildman–Crippen LogP) is 5.42. The topological polar surface area (TPSA) is 42.0 Å². The molecule has 0 radical (unpaired) electrons. The van der Waals surface area contributed by atoms with Gasteiger partial charge < -0.3 is 5.32 Å². The fraction of sp³-hybridized carbons (Fsp3) is 0.280. The van der Waals surface area contributed by atoms with Crippen molar-refractivity contribution >= 4 is 5.91 Å². The summed E-state index contributed by atoms with van der Waals surface area (Å²) in [5.41, 5.74) is 0.509. The summed E-state index contributed by atoms with van der Waals surface area (Å²) in [6.45, 7) is 1.83. The van der Waals surface area contributed by atoms with Gasteiger partial charge in [0.05, 0.1) is 11.3 Å². The van der Waals surface area contributed by atoms with Gasteiger partial charge in [-0.1, -0.05) is 48.5 Å². The maximum atomic E-state index is 13.5. The van der Waals surface area contributed by atoms with Crippen molar-refractivity contribution < 1.29 is 18.0 Å². The van der Waals surface area contributed by atoms with Crippen LogP contribution in [0.4, 0.5) is 13.2 Å². The lowest BCUT2D eigenvalue weighted by atomic mass is 9.79. The lowest BCUT2D eigenvalue weighted by molar-refractivity contribution is -0.137. The fourth-order valence-electron chi connectivity index (χ4n) is 3.82. The first kappa shape index (κ1) is 21.1. The summed E-state index contributed by atoms with van der Waals surface area (Å²) in [5, 5.41) is 3.11. The molecule has 1 aliphatic carbocycles. The number of aryl methyl sites for hydroxylation is 1. The fourth-order valence-corrected chi connectivity index (χ4v) is 3.82. The number of carbonyl (C=O) groups is 1. The Balaban J connectivity index is 1.93. The number of hydrogen-bond donors (Lipinski definition) is 1. The van der Waals surface area contributed by atoms with Crippen molar-refractivity contribution in [2.24, 2.45) is 5.92 Å². The van der Waals surface area contributed by atoms with Crippen molar-refractivity contribution in [1.29, 1.82) is 0 Å². The molecular weight excluding hydrogens is 401 g/mol. The van der Waals surface area contributed by atoms with Crippen LogP contribution < -0.4 is 5.32 Å². The molecule has 3 nitrogen and oxygen atoms in total. The van der Waals surface area contributed by atoms with E-state index < -0.39 is 17.3 Å². The van der Waals surface area contributed by atoms with Crippen LogP contribution in [0.15, 0.2) is 72.8 Å². The first-order valence-electron chi connectivity index (χ1n) is 10.3. The smallest absolute Gasteiger partial charge is 0.340 e. The number of halogens is 3. The van der Waals surface area contributed by atoms with Gasteiger partial charge in [-0.15, -0.1) is 0 Å². The van der Waals surface area contributed by atoms with Crippen molar-refractivity contribution in [3.8, 4) is 0 Å². The molecule has 2 aromatic carbocycles. The molecule has 1 atom stereocenters. The van der Waals surface area contributed by atoms with E-state index in [4.69, 9.17) is 0 Å². The Bertz CT molecular complexity index is 1080. The van der Waals surface area contributed by atoms with E-state index in [1.54, 1.807) is 12.1 Å². The summed E-state index contributed by atoms with van der Waals surface area (Å²) < 4.78 is 40.6. The number of benzene rings is 2. The number of nitrogens with one attached hydrogen (secondary N) is 1. The third kappa shape index (κ3) is 4.63. The molecule has 0 spiro atoms. The van der Waals surface area contributed by atoms with Crippen LogP contribution in [0.2, 0.25) is 0 Å². The molecule has 1 aliphatic rings.